The number of hydrogen-bond donors (Lipinski definition) is 1. The summed E-state index contributed by atoms with van der Waals surface area (Å²) in [5.74, 6) is 1.64. The summed E-state index contributed by atoms with van der Waals surface area (Å²) in [5, 5.41) is 8.53. The monoisotopic (exact) mass is 264 g/mol. The van der Waals surface area contributed by atoms with Gasteiger partial charge >= 0.3 is 0 Å². The first-order valence-corrected chi connectivity index (χ1v) is 6.80. The van der Waals surface area contributed by atoms with E-state index in [2.05, 4.69) is 22.0 Å². The van der Waals surface area contributed by atoms with Crippen LogP contribution >= 0.6 is 12.2 Å². The molecule has 0 radical (unpaired) electrons. The van der Waals surface area contributed by atoms with Crippen molar-refractivity contribution in [3.05, 3.63) is 16.8 Å². The summed E-state index contributed by atoms with van der Waals surface area (Å²) in [6.45, 7) is 8.25. The zero-order valence-corrected chi connectivity index (χ0v) is 12.0. The van der Waals surface area contributed by atoms with Crippen molar-refractivity contribution in [2.24, 2.45) is 11.7 Å². The van der Waals surface area contributed by atoms with Crippen molar-refractivity contribution in [1.82, 2.24) is 10.2 Å². The van der Waals surface area contributed by atoms with E-state index in [0.29, 0.717) is 4.99 Å². The number of rotatable bonds is 2. The smallest absolute Gasteiger partial charge is 0.161 e. The molecule has 1 aromatic rings. The lowest BCUT2D eigenvalue weighted by atomic mass is 9.98. The maximum absolute atomic E-state index is 5.86. The molecule has 0 aromatic carbocycles. The minimum atomic E-state index is 0.416. The van der Waals surface area contributed by atoms with Gasteiger partial charge in [0.15, 0.2) is 5.82 Å². The van der Waals surface area contributed by atoms with Gasteiger partial charge in [-0.1, -0.05) is 19.1 Å². The highest BCUT2D eigenvalue weighted by Crippen LogP contribution is 2.26. The Morgan fingerprint density at radius 1 is 1.28 bits per heavy atom. The Kier molecular flexibility index (Phi) is 3.80. The third kappa shape index (κ3) is 2.46. The van der Waals surface area contributed by atoms with Crippen LogP contribution in [0.4, 0.5) is 5.82 Å². The molecule has 2 heterocycles. The fourth-order valence-corrected chi connectivity index (χ4v) is 2.58. The first-order chi connectivity index (χ1) is 8.50. The molecular weight excluding hydrogens is 244 g/mol. The van der Waals surface area contributed by atoms with Gasteiger partial charge in [-0.25, -0.2) is 0 Å². The Hall–Kier alpha value is -1.23. The van der Waals surface area contributed by atoms with Crippen LogP contribution in [0.3, 0.4) is 0 Å². The maximum atomic E-state index is 5.86. The van der Waals surface area contributed by atoms with Crippen molar-refractivity contribution in [1.29, 1.82) is 0 Å². The average molecular weight is 264 g/mol. The van der Waals surface area contributed by atoms with E-state index in [0.717, 1.165) is 41.6 Å². The Labute approximate surface area is 114 Å². The third-order valence-electron chi connectivity index (χ3n) is 3.77. The minimum Gasteiger partial charge on any atom is -0.389 e. The van der Waals surface area contributed by atoms with Gasteiger partial charge in [-0.3, -0.25) is 0 Å². The molecule has 0 amide bonds. The lowest BCUT2D eigenvalue weighted by Gasteiger charge is -2.32. The molecule has 5 heteroatoms. The molecule has 1 saturated heterocycles. The molecule has 0 saturated carbocycles. The number of nitrogens with two attached hydrogens (primary N) is 1. The summed E-state index contributed by atoms with van der Waals surface area (Å²) in [7, 11) is 0. The van der Waals surface area contributed by atoms with Gasteiger partial charge in [0.25, 0.3) is 0 Å². The van der Waals surface area contributed by atoms with Crippen LogP contribution in [0.15, 0.2) is 0 Å². The zero-order chi connectivity index (χ0) is 13.3. The normalized spacial score (nSPS) is 16.9. The molecule has 1 aromatic heterocycles. The molecule has 0 atom stereocenters. The number of aryl methyl sites for hydroxylation is 1. The maximum Gasteiger partial charge on any atom is 0.161 e. The van der Waals surface area contributed by atoms with Gasteiger partial charge < -0.3 is 10.6 Å². The second kappa shape index (κ2) is 5.18. The predicted octanol–water partition coefficient (Wildman–Crippen LogP) is 1.96. The quantitative estimate of drug-likeness (QED) is 0.828. The Balaban J connectivity index is 2.38. The van der Waals surface area contributed by atoms with Gasteiger partial charge in [0, 0.05) is 13.1 Å². The fourth-order valence-electron chi connectivity index (χ4n) is 2.33. The molecule has 1 aliphatic heterocycles. The standard InChI is InChI=1S/C13H20N4S/c1-8-4-6-17(7-5-8)13-11(12(14)18)9(2)10(3)15-16-13/h8H,4-7H2,1-3H3,(H2,14,18). The number of thiocarbonyl (C=S) groups is 1. The van der Waals surface area contributed by atoms with E-state index in [1.807, 2.05) is 13.8 Å². The number of aromatic nitrogens is 2. The zero-order valence-electron chi connectivity index (χ0n) is 11.2. The number of piperidine rings is 1. The highest BCUT2D eigenvalue weighted by molar-refractivity contribution is 7.80. The van der Waals surface area contributed by atoms with E-state index in [1.54, 1.807) is 0 Å². The van der Waals surface area contributed by atoms with Crippen LogP contribution < -0.4 is 10.6 Å². The number of hydrogen-bond acceptors (Lipinski definition) is 4. The summed E-state index contributed by atoms with van der Waals surface area (Å²) < 4.78 is 0. The van der Waals surface area contributed by atoms with Crippen molar-refractivity contribution < 1.29 is 0 Å². The summed E-state index contributed by atoms with van der Waals surface area (Å²) in [6, 6.07) is 0. The lowest BCUT2D eigenvalue weighted by Crippen LogP contribution is -2.35. The molecule has 2 N–H and O–H groups in total. The van der Waals surface area contributed by atoms with E-state index in [-0.39, 0.29) is 0 Å². The fraction of sp³-hybridized carbons (Fsp3) is 0.615. The Bertz CT molecular complexity index is 464. The lowest BCUT2D eigenvalue weighted by molar-refractivity contribution is 0.435. The van der Waals surface area contributed by atoms with Crippen LogP contribution in [0.5, 0.6) is 0 Å². The number of anilines is 1. The van der Waals surface area contributed by atoms with Gasteiger partial charge in [0.1, 0.15) is 4.99 Å². The van der Waals surface area contributed by atoms with Crippen LogP contribution in [0.1, 0.15) is 36.6 Å². The largest absolute Gasteiger partial charge is 0.389 e. The Morgan fingerprint density at radius 2 is 1.89 bits per heavy atom. The van der Waals surface area contributed by atoms with Crippen molar-refractivity contribution in [3.63, 3.8) is 0 Å². The SMILES string of the molecule is Cc1nnc(N2CCC(C)CC2)c(C(N)=S)c1C. The highest BCUT2D eigenvalue weighted by atomic mass is 32.1. The molecule has 1 aliphatic rings. The molecule has 0 bridgehead atoms. The second-order valence-corrected chi connectivity index (χ2v) is 5.58. The number of nitrogens with zero attached hydrogens (tertiary/aromatic N) is 3. The van der Waals surface area contributed by atoms with Crippen LogP contribution in [0.2, 0.25) is 0 Å². The van der Waals surface area contributed by atoms with Crippen LogP contribution in [0.25, 0.3) is 0 Å². The van der Waals surface area contributed by atoms with E-state index < -0.39 is 0 Å². The van der Waals surface area contributed by atoms with Gasteiger partial charge in [0.05, 0.1) is 11.3 Å². The van der Waals surface area contributed by atoms with E-state index in [9.17, 15) is 0 Å². The van der Waals surface area contributed by atoms with E-state index in [1.165, 1.54) is 12.8 Å². The van der Waals surface area contributed by atoms with Crippen molar-refractivity contribution in [2.45, 2.75) is 33.6 Å². The second-order valence-electron chi connectivity index (χ2n) is 5.14. The summed E-state index contributed by atoms with van der Waals surface area (Å²) in [6.07, 6.45) is 2.37. The van der Waals surface area contributed by atoms with Crippen molar-refractivity contribution in [3.8, 4) is 0 Å². The minimum absolute atomic E-state index is 0.416. The molecule has 1 fully saturated rings. The molecule has 4 nitrogen and oxygen atoms in total. The predicted molar refractivity (Wildman–Crippen MR) is 78.0 cm³/mol. The van der Waals surface area contributed by atoms with Gasteiger partial charge in [-0.05, 0) is 38.2 Å². The summed E-state index contributed by atoms with van der Waals surface area (Å²) in [5.41, 5.74) is 8.69. The first-order valence-electron chi connectivity index (χ1n) is 6.39. The van der Waals surface area contributed by atoms with Crippen LogP contribution in [0, 0.1) is 19.8 Å². The van der Waals surface area contributed by atoms with Crippen molar-refractivity contribution in [2.75, 3.05) is 18.0 Å². The molecule has 98 valence electrons. The van der Waals surface area contributed by atoms with E-state index in [4.69, 9.17) is 18.0 Å². The van der Waals surface area contributed by atoms with E-state index >= 15 is 0 Å². The van der Waals surface area contributed by atoms with Crippen LogP contribution in [-0.2, 0) is 0 Å². The summed E-state index contributed by atoms with van der Waals surface area (Å²) >= 11 is 5.17. The first kappa shape index (κ1) is 13.2. The molecule has 18 heavy (non-hydrogen) atoms. The van der Waals surface area contributed by atoms with Crippen molar-refractivity contribution >= 4 is 23.0 Å². The Morgan fingerprint density at radius 3 is 2.44 bits per heavy atom. The molecule has 0 aliphatic carbocycles. The van der Waals surface area contributed by atoms with Gasteiger partial charge in [-0.2, -0.15) is 5.10 Å². The average Bonchev–Trinajstić information content (AvgIpc) is 2.33. The summed E-state index contributed by atoms with van der Waals surface area (Å²) in [4.78, 5) is 2.67. The molecule has 0 unspecified atom stereocenters. The highest BCUT2D eigenvalue weighted by Gasteiger charge is 2.22. The molecule has 2 rings (SSSR count). The van der Waals surface area contributed by atoms with Gasteiger partial charge in [-0.15, -0.1) is 5.10 Å². The molecular formula is C13H20N4S. The van der Waals surface area contributed by atoms with Crippen LogP contribution in [-0.4, -0.2) is 28.3 Å². The molecule has 0 spiro atoms. The third-order valence-corrected chi connectivity index (χ3v) is 3.97. The van der Waals surface area contributed by atoms with Gasteiger partial charge in [0.2, 0.25) is 0 Å². The topological polar surface area (TPSA) is 55.0 Å².